The molecule has 0 aromatic carbocycles. The molecule has 0 aliphatic carbocycles. The number of carbonyl (C=O) groups excluding carboxylic acids is 1. The Morgan fingerprint density at radius 2 is 2.09 bits per heavy atom. The molecular weight excluding hydrogens is 184 g/mol. The normalized spacial score (nSPS) is 9.82. The molecule has 0 aromatic rings. The zero-order chi connectivity index (χ0) is 8.69. The highest BCUT2D eigenvalue weighted by Crippen LogP contribution is 2.05. The number of hydrogen-bond donors (Lipinski definition) is 2. The molecule has 0 heterocycles. The highest BCUT2D eigenvalue weighted by atomic mass is 32.2. The molecule has 3 nitrogen and oxygen atoms in total. The average Bonchev–Trinajstić information content (AvgIpc) is 1.87. The summed E-state index contributed by atoms with van der Waals surface area (Å²) in [5, 5.41) is 0. The van der Waals surface area contributed by atoms with E-state index in [1.165, 1.54) is 0 Å². The van der Waals surface area contributed by atoms with Gasteiger partial charge in [-0.05, 0) is 6.92 Å². The van der Waals surface area contributed by atoms with Gasteiger partial charge in [-0.3, -0.25) is 0 Å². The lowest BCUT2D eigenvalue weighted by molar-refractivity contribution is 0.0591. The Balaban J connectivity index is 3.17. The van der Waals surface area contributed by atoms with E-state index in [9.17, 15) is 4.79 Å². The summed E-state index contributed by atoms with van der Waals surface area (Å²) in [6, 6.07) is 0. The Labute approximate surface area is 77.3 Å². The van der Waals surface area contributed by atoms with Crippen molar-refractivity contribution in [1.29, 1.82) is 0 Å². The maximum atomic E-state index is 10.5. The second-order valence-corrected chi connectivity index (χ2v) is 3.45. The summed E-state index contributed by atoms with van der Waals surface area (Å²) in [6.07, 6.45) is -0.0137. The first-order valence-electron chi connectivity index (χ1n) is 3.32. The molecule has 0 spiro atoms. The van der Waals surface area contributed by atoms with Gasteiger partial charge in [0.05, 0.1) is 13.2 Å². The van der Waals surface area contributed by atoms with Crippen molar-refractivity contribution in [1.82, 2.24) is 0 Å². The molecular formula is C6H12O3S2. The minimum Gasteiger partial charge on any atom is -0.435 e. The van der Waals surface area contributed by atoms with Crippen LogP contribution in [0.3, 0.4) is 0 Å². The van der Waals surface area contributed by atoms with E-state index in [2.05, 4.69) is 34.7 Å². The lowest BCUT2D eigenvalue weighted by atomic mass is 10.5. The number of thiol groups is 2. The van der Waals surface area contributed by atoms with Gasteiger partial charge in [0, 0.05) is 11.0 Å². The maximum absolute atomic E-state index is 10.5. The summed E-state index contributed by atoms with van der Waals surface area (Å²) >= 11 is 7.97. The molecule has 66 valence electrons. The zero-order valence-corrected chi connectivity index (χ0v) is 8.11. The quantitative estimate of drug-likeness (QED) is 0.408. The van der Waals surface area contributed by atoms with Gasteiger partial charge in [0.1, 0.15) is 0 Å². The van der Waals surface area contributed by atoms with Crippen LogP contribution in [0.1, 0.15) is 13.3 Å². The van der Waals surface area contributed by atoms with Crippen molar-refractivity contribution < 1.29 is 14.3 Å². The van der Waals surface area contributed by atoms with Crippen LogP contribution in [-0.4, -0.2) is 24.0 Å². The largest absolute Gasteiger partial charge is 0.508 e. The number of hydrogen-bond acceptors (Lipinski definition) is 5. The van der Waals surface area contributed by atoms with E-state index in [1.54, 1.807) is 6.92 Å². The summed E-state index contributed by atoms with van der Waals surface area (Å²) in [7, 11) is 0. The van der Waals surface area contributed by atoms with Gasteiger partial charge < -0.3 is 9.47 Å². The van der Waals surface area contributed by atoms with Gasteiger partial charge in [-0.25, -0.2) is 4.79 Å². The third kappa shape index (κ3) is 7.87. The molecule has 0 bridgehead atoms. The first kappa shape index (κ1) is 11.0. The minimum atomic E-state index is -0.630. The van der Waals surface area contributed by atoms with Crippen LogP contribution < -0.4 is 0 Å². The van der Waals surface area contributed by atoms with Gasteiger partial charge >= 0.3 is 6.16 Å². The lowest BCUT2D eigenvalue weighted by Crippen LogP contribution is -2.09. The molecule has 0 saturated carbocycles. The number of carbonyl (C=O) groups is 1. The van der Waals surface area contributed by atoms with Crippen LogP contribution in [-0.2, 0) is 9.47 Å². The van der Waals surface area contributed by atoms with Gasteiger partial charge in [0.25, 0.3) is 0 Å². The van der Waals surface area contributed by atoms with Crippen LogP contribution in [0, 0.1) is 0 Å². The van der Waals surface area contributed by atoms with E-state index in [1.807, 2.05) is 0 Å². The highest BCUT2D eigenvalue weighted by molar-refractivity contribution is 7.99. The van der Waals surface area contributed by atoms with Gasteiger partial charge in [-0.2, -0.15) is 25.3 Å². The van der Waals surface area contributed by atoms with E-state index in [0.29, 0.717) is 19.6 Å². The molecule has 0 amide bonds. The average molecular weight is 196 g/mol. The molecule has 0 unspecified atom stereocenters. The SMILES string of the molecule is CCOC(=O)OCCC(S)S. The van der Waals surface area contributed by atoms with Gasteiger partial charge in [0.15, 0.2) is 0 Å². The smallest absolute Gasteiger partial charge is 0.435 e. The van der Waals surface area contributed by atoms with E-state index < -0.39 is 6.16 Å². The molecule has 0 fully saturated rings. The molecule has 0 radical (unpaired) electrons. The Kier molecular flexibility index (Phi) is 6.65. The minimum absolute atomic E-state index is 0.0515. The van der Waals surface area contributed by atoms with E-state index in [-0.39, 0.29) is 4.58 Å². The van der Waals surface area contributed by atoms with Crippen molar-refractivity contribution in [3.63, 3.8) is 0 Å². The van der Waals surface area contributed by atoms with Crippen LogP contribution in [0.5, 0.6) is 0 Å². The Morgan fingerprint density at radius 3 is 2.55 bits per heavy atom. The van der Waals surface area contributed by atoms with Crippen molar-refractivity contribution in [3.05, 3.63) is 0 Å². The van der Waals surface area contributed by atoms with Crippen molar-refractivity contribution in [2.24, 2.45) is 0 Å². The van der Waals surface area contributed by atoms with Crippen LogP contribution in [0.15, 0.2) is 0 Å². The van der Waals surface area contributed by atoms with Crippen LogP contribution in [0.25, 0.3) is 0 Å². The molecule has 0 aliphatic rings. The second-order valence-electron chi connectivity index (χ2n) is 1.80. The van der Waals surface area contributed by atoms with Crippen molar-refractivity contribution in [2.75, 3.05) is 13.2 Å². The summed E-state index contributed by atoms with van der Waals surface area (Å²) in [5.41, 5.74) is 0. The Bertz CT molecular complexity index is 116. The molecule has 11 heavy (non-hydrogen) atoms. The molecule has 0 saturated heterocycles. The van der Waals surface area contributed by atoms with Crippen molar-refractivity contribution in [2.45, 2.75) is 17.9 Å². The number of ether oxygens (including phenoxy) is 2. The first-order valence-corrected chi connectivity index (χ1v) is 4.35. The molecule has 0 aromatic heterocycles. The summed E-state index contributed by atoms with van der Waals surface area (Å²) in [6.45, 7) is 2.36. The zero-order valence-electron chi connectivity index (χ0n) is 6.32. The third-order valence-electron chi connectivity index (χ3n) is 0.858. The first-order chi connectivity index (χ1) is 5.16. The predicted octanol–water partition coefficient (Wildman–Crippen LogP) is 1.74. The van der Waals surface area contributed by atoms with Crippen LogP contribution >= 0.6 is 25.3 Å². The van der Waals surface area contributed by atoms with Gasteiger partial charge in [-0.1, -0.05) is 0 Å². The van der Waals surface area contributed by atoms with Crippen LogP contribution in [0.4, 0.5) is 4.79 Å². The van der Waals surface area contributed by atoms with Gasteiger partial charge in [0.2, 0.25) is 0 Å². The highest BCUT2D eigenvalue weighted by Gasteiger charge is 2.02. The monoisotopic (exact) mass is 196 g/mol. The Hall–Kier alpha value is -0.0300. The number of rotatable bonds is 4. The predicted molar refractivity (Wildman–Crippen MR) is 49.4 cm³/mol. The fraction of sp³-hybridized carbons (Fsp3) is 0.833. The van der Waals surface area contributed by atoms with Gasteiger partial charge in [-0.15, -0.1) is 0 Å². The molecule has 5 heteroatoms. The summed E-state index contributed by atoms with van der Waals surface area (Å²) < 4.78 is 9.10. The van der Waals surface area contributed by atoms with Crippen molar-refractivity contribution in [3.8, 4) is 0 Å². The molecule has 0 aliphatic heterocycles. The Morgan fingerprint density at radius 1 is 1.45 bits per heavy atom. The van der Waals surface area contributed by atoms with E-state index >= 15 is 0 Å². The topological polar surface area (TPSA) is 35.5 Å². The standard InChI is InChI=1S/C6H12O3S2/c1-2-8-6(7)9-4-3-5(10)11/h5,10-11H,2-4H2,1H3. The summed E-state index contributed by atoms with van der Waals surface area (Å²) in [4.78, 5) is 10.5. The van der Waals surface area contributed by atoms with Crippen LogP contribution in [0.2, 0.25) is 0 Å². The lowest BCUT2D eigenvalue weighted by Gasteiger charge is -2.04. The van der Waals surface area contributed by atoms with E-state index in [4.69, 9.17) is 0 Å². The van der Waals surface area contributed by atoms with Crippen molar-refractivity contribution >= 4 is 31.4 Å². The second kappa shape index (κ2) is 6.67. The fourth-order valence-corrected chi connectivity index (χ4v) is 0.618. The molecule has 0 atom stereocenters. The third-order valence-corrected chi connectivity index (χ3v) is 1.37. The summed E-state index contributed by atoms with van der Waals surface area (Å²) in [5.74, 6) is 0. The molecule has 0 N–H and O–H groups in total. The fourth-order valence-electron chi connectivity index (χ4n) is 0.407. The van der Waals surface area contributed by atoms with E-state index in [0.717, 1.165) is 0 Å². The maximum Gasteiger partial charge on any atom is 0.508 e. The molecule has 0 rings (SSSR count).